The van der Waals surface area contributed by atoms with E-state index < -0.39 is 28.7 Å². The molecule has 0 N–H and O–H groups in total. The number of hydrogen-bond acceptors (Lipinski definition) is 5. The van der Waals surface area contributed by atoms with Gasteiger partial charge < -0.3 is 4.74 Å². The molecule has 6 heteroatoms. The van der Waals surface area contributed by atoms with Crippen molar-refractivity contribution in [3.05, 3.63) is 39.9 Å². The Labute approximate surface area is 110 Å². The number of ketones is 1. The fourth-order valence-corrected chi connectivity index (χ4v) is 1.40. The molecule has 0 saturated heterocycles. The topological polar surface area (TPSA) is 86.5 Å². The second kappa shape index (κ2) is 5.60. The fourth-order valence-electron chi connectivity index (χ4n) is 1.40. The highest BCUT2D eigenvalue weighted by atomic mass is 16.6. The summed E-state index contributed by atoms with van der Waals surface area (Å²) in [7, 11) is 0. The monoisotopic (exact) mass is 265 g/mol. The maximum atomic E-state index is 11.8. The van der Waals surface area contributed by atoms with Gasteiger partial charge in [-0.05, 0) is 20.8 Å². The number of non-ortho nitro benzene ring substituents is 1. The Hall–Kier alpha value is -2.24. The molecule has 0 aliphatic carbocycles. The highest BCUT2D eigenvalue weighted by Crippen LogP contribution is 2.15. The number of carbonyl (C=O) groups is 2. The molecule has 0 amide bonds. The normalized spacial score (nSPS) is 10.9. The highest BCUT2D eigenvalue weighted by Gasteiger charge is 2.20. The molecule has 0 heterocycles. The van der Waals surface area contributed by atoms with Gasteiger partial charge >= 0.3 is 5.97 Å². The van der Waals surface area contributed by atoms with E-state index in [0.717, 1.165) is 6.07 Å². The Morgan fingerprint density at radius 3 is 2.47 bits per heavy atom. The van der Waals surface area contributed by atoms with E-state index in [9.17, 15) is 19.7 Å². The lowest BCUT2D eigenvalue weighted by molar-refractivity contribution is -0.384. The molecule has 0 aromatic heterocycles. The molecule has 0 unspecified atom stereocenters. The molecule has 0 aliphatic heterocycles. The third-order valence-electron chi connectivity index (χ3n) is 2.10. The molecular formula is C13H15NO5. The molecule has 0 spiro atoms. The first-order valence-corrected chi connectivity index (χ1v) is 5.68. The van der Waals surface area contributed by atoms with E-state index >= 15 is 0 Å². The second-order valence-electron chi connectivity index (χ2n) is 4.99. The van der Waals surface area contributed by atoms with Crippen molar-refractivity contribution < 1.29 is 19.2 Å². The van der Waals surface area contributed by atoms with Crippen LogP contribution in [0.25, 0.3) is 0 Å². The number of Topliss-reactive ketones (excluding diaryl/α,β-unsaturated/α-hetero) is 1. The quantitative estimate of drug-likeness (QED) is 0.274. The van der Waals surface area contributed by atoms with Crippen molar-refractivity contribution in [1.82, 2.24) is 0 Å². The first-order valence-electron chi connectivity index (χ1n) is 5.68. The summed E-state index contributed by atoms with van der Waals surface area (Å²) in [6.45, 7) is 5.09. The van der Waals surface area contributed by atoms with Gasteiger partial charge in [-0.1, -0.05) is 12.1 Å². The summed E-state index contributed by atoms with van der Waals surface area (Å²) in [5.41, 5.74) is -0.727. The Kier molecular flexibility index (Phi) is 4.37. The average molecular weight is 265 g/mol. The third kappa shape index (κ3) is 4.87. The predicted molar refractivity (Wildman–Crippen MR) is 67.9 cm³/mol. The summed E-state index contributed by atoms with van der Waals surface area (Å²) in [5, 5.41) is 10.6. The van der Waals surface area contributed by atoms with Crippen LogP contribution in [0.4, 0.5) is 5.69 Å². The van der Waals surface area contributed by atoms with Crippen LogP contribution in [0.15, 0.2) is 24.3 Å². The number of nitrogens with zero attached hydrogens (tertiary/aromatic N) is 1. The maximum Gasteiger partial charge on any atom is 0.314 e. The summed E-state index contributed by atoms with van der Waals surface area (Å²) in [4.78, 5) is 33.3. The van der Waals surface area contributed by atoms with Gasteiger partial charge in [0.25, 0.3) is 5.69 Å². The average Bonchev–Trinajstić information content (AvgIpc) is 2.26. The SMILES string of the molecule is CC(C)(C)OC(=O)CC(=O)c1cccc([N+](=O)[O-])c1. The van der Waals surface area contributed by atoms with Crippen LogP contribution in [0.3, 0.4) is 0 Å². The molecular weight excluding hydrogens is 250 g/mol. The molecule has 0 atom stereocenters. The van der Waals surface area contributed by atoms with E-state index in [1.54, 1.807) is 20.8 Å². The van der Waals surface area contributed by atoms with E-state index in [1.807, 2.05) is 0 Å². The van der Waals surface area contributed by atoms with Crippen molar-refractivity contribution in [1.29, 1.82) is 0 Å². The molecule has 0 radical (unpaired) electrons. The Bertz CT molecular complexity index is 516. The van der Waals surface area contributed by atoms with Crippen molar-refractivity contribution in [2.45, 2.75) is 32.8 Å². The van der Waals surface area contributed by atoms with E-state index in [0.29, 0.717) is 0 Å². The van der Waals surface area contributed by atoms with Gasteiger partial charge in [-0.15, -0.1) is 0 Å². The van der Waals surface area contributed by atoms with Crippen LogP contribution >= 0.6 is 0 Å². The summed E-state index contributed by atoms with van der Waals surface area (Å²) in [5.74, 6) is -1.15. The smallest absolute Gasteiger partial charge is 0.314 e. The number of rotatable bonds is 4. The zero-order valence-corrected chi connectivity index (χ0v) is 11.0. The predicted octanol–water partition coefficient (Wildman–Crippen LogP) is 2.51. The van der Waals surface area contributed by atoms with Gasteiger partial charge in [-0.25, -0.2) is 0 Å². The molecule has 6 nitrogen and oxygen atoms in total. The largest absolute Gasteiger partial charge is 0.460 e. The first-order chi connectivity index (χ1) is 8.69. The minimum Gasteiger partial charge on any atom is -0.460 e. The standard InChI is InChI=1S/C13H15NO5/c1-13(2,3)19-12(16)8-11(15)9-5-4-6-10(7-9)14(17)18/h4-7H,8H2,1-3H3. The number of nitro groups is 1. The lowest BCUT2D eigenvalue weighted by atomic mass is 10.1. The van der Waals surface area contributed by atoms with Crippen LogP contribution < -0.4 is 0 Å². The summed E-state index contributed by atoms with van der Waals surface area (Å²) in [6, 6.07) is 5.26. The number of esters is 1. The minimum atomic E-state index is -0.667. The second-order valence-corrected chi connectivity index (χ2v) is 4.99. The molecule has 1 aromatic rings. The van der Waals surface area contributed by atoms with Crippen LogP contribution in [0.1, 0.15) is 37.6 Å². The van der Waals surface area contributed by atoms with Gasteiger partial charge in [-0.2, -0.15) is 0 Å². The Balaban J connectivity index is 2.76. The summed E-state index contributed by atoms with van der Waals surface area (Å²) < 4.78 is 5.01. The molecule has 1 aromatic carbocycles. The maximum absolute atomic E-state index is 11.8. The minimum absolute atomic E-state index is 0.125. The number of hydrogen-bond donors (Lipinski definition) is 0. The molecule has 1 rings (SSSR count). The Morgan fingerprint density at radius 1 is 1.32 bits per heavy atom. The number of benzene rings is 1. The van der Waals surface area contributed by atoms with E-state index in [-0.39, 0.29) is 11.3 Å². The Morgan fingerprint density at radius 2 is 1.95 bits per heavy atom. The molecule has 102 valence electrons. The van der Waals surface area contributed by atoms with Gasteiger partial charge in [0.15, 0.2) is 5.78 Å². The molecule has 0 fully saturated rings. The van der Waals surface area contributed by atoms with Crippen LogP contribution in [-0.2, 0) is 9.53 Å². The van der Waals surface area contributed by atoms with E-state index in [2.05, 4.69) is 0 Å². The highest BCUT2D eigenvalue weighted by molar-refractivity contribution is 6.06. The molecule has 0 aliphatic rings. The van der Waals surface area contributed by atoms with E-state index in [4.69, 9.17) is 4.74 Å². The van der Waals surface area contributed by atoms with Crippen molar-refractivity contribution in [2.24, 2.45) is 0 Å². The van der Waals surface area contributed by atoms with Gasteiger partial charge in [0.2, 0.25) is 0 Å². The van der Waals surface area contributed by atoms with Crippen molar-refractivity contribution in [2.75, 3.05) is 0 Å². The zero-order chi connectivity index (χ0) is 14.6. The van der Waals surface area contributed by atoms with Crippen LogP contribution in [0.5, 0.6) is 0 Å². The number of carbonyl (C=O) groups excluding carboxylic acids is 2. The molecule has 19 heavy (non-hydrogen) atoms. The van der Waals surface area contributed by atoms with Gasteiger partial charge in [0.05, 0.1) is 4.92 Å². The van der Waals surface area contributed by atoms with Crippen molar-refractivity contribution in [3.8, 4) is 0 Å². The number of ether oxygens (including phenoxy) is 1. The van der Waals surface area contributed by atoms with Crippen LogP contribution in [-0.4, -0.2) is 22.3 Å². The third-order valence-corrected chi connectivity index (χ3v) is 2.10. The van der Waals surface area contributed by atoms with Gasteiger partial charge in [0.1, 0.15) is 12.0 Å². The summed E-state index contributed by atoms with van der Waals surface area (Å²) >= 11 is 0. The lowest BCUT2D eigenvalue weighted by Crippen LogP contribution is -2.25. The van der Waals surface area contributed by atoms with Gasteiger partial charge in [-0.3, -0.25) is 19.7 Å². The van der Waals surface area contributed by atoms with Crippen LogP contribution in [0, 0.1) is 10.1 Å². The fraction of sp³-hybridized carbons (Fsp3) is 0.385. The van der Waals surface area contributed by atoms with Gasteiger partial charge in [0, 0.05) is 17.7 Å². The summed E-state index contributed by atoms with van der Waals surface area (Å²) in [6.07, 6.45) is -0.432. The van der Waals surface area contributed by atoms with Crippen molar-refractivity contribution in [3.63, 3.8) is 0 Å². The molecule has 0 saturated carbocycles. The van der Waals surface area contributed by atoms with E-state index in [1.165, 1.54) is 18.2 Å². The number of nitro benzene ring substituents is 1. The van der Waals surface area contributed by atoms with Crippen LogP contribution in [0.2, 0.25) is 0 Å². The zero-order valence-electron chi connectivity index (χ0n) is 11.0. The first kappa shape index (κ1) is 14.8. The molecule has 0 bridgehead atoms. The lowest BCUT2D eigenvalue weighted by Gasteiger charge is -2.19. The van der Waals surface area contributed by atoms with Crippen molar-refractivity contribution >= 4 is 17.4 Å².